The highest BCUT2D eigenvalue weighted by atomic mass is 16.2. The van der Waals surface area contributed by atoms with Gasteiger partial charge in [0, 0.05) is 12.6 Å². The minimum absolute atomic E-state index is 0.0208. The molecule has 98 valence electrons. The number of amides is 1. The summed E-state index contributed by atoms with van der Waals surface area (Å²) in [4.78, 5) is 23.7. The summed E-state index contributed by atoms with van der Waals surface area (Å²) < 4.78 is 1.50. The normalized spacial score (nSPS) is 10.2. The highest BCUT2D eigenvalue weighted by molar-refractivity contribution is 6.01. The fourth-order valence-electron chi connectivity index (χ4n) is 1.80. The molecule has 0 bridgehead atoms. The summed E-state index contributed by atoms with van der Waals surface area (Å²) in [5, 5.41) is 6.69. The molecular formula is C14H15N3O2. The minimum Gasteiger partial charge on any atom is -0.343 e. The lowest BCUT2D eigenvalue weighted by Gasteiger charge is -2.04. The first kappa shape index (κ1) is 13.0. The van der Waals surface area contributed by atoms with Crippen LogP contribution in [0, 0.1) is 6.92 Å². The Morgan fingerprint density at radius 2 is 1.95 bits per heavy atom. The molecule has 0 atom stereocenters. The Bertz CT molecular complexity index is 602. The van der Waals surface area contributed by atoms with E-state index in [1.807, 2.05) is 13.0 Å². The predicted octanol–water partition coefficient (Wildman–Crippen LogP) is 1.34. The van der Waals surface area contributed by atoms with Crippen molar-refractivity contribution >= 4 is 11.7 Å². The SMILES string of the molecule is Cc1cc(C(=O)NCC(=O)c2ccccc2)n(C)n1. The average Bonchev–Trinajstić information content (AvgIpc) is 2.75. The zero-order valence-electron chi connectivity index (χ0n) is 10.9. The molecule has 2 aromatic rings. The molecule has 0 unspecified atom stereocenters. The Morgan fingerprint density at radius 1 is 1.26 bits per heavy atom. The highest BCUT2D eigenvalue weighted by Crippen LogP contribution is 2.02. The molecule has 5 heteroatoms. The lowest BCUT2D eigenvalue weighted by Crippen LogP contribution is -2.30. The van der Waals surface area contributed by atoms with Gasteiger partial charge >= 0.3 is 0 Å². The average molecular weight is 257 g/mol. The molecule has 0 aliphatic carbocycles. The molecule has 0 spiro atoms. The molecule has 2 rings (SSSR count). The molecule has 0 aliphatic heterocycles. The second-order valence-electron chi connectivity index (χ2n) is 4.27. The summed E-state index contributed by atoms with van der Waals surface area (Å²) in [7, 11) is 1.70. The highest BCUT2D eigenvalue weighted by Gasteiger charge is 2.13. The minimum atomic E-state index is -0.299. The molecule has 0 saturated carbocycles. The maximum Gasteiger partial charge on any atom is 0.269 e. The standard InChI is InChI=1S/C14H15N3O2/c1-10-8-12(17(2)16-10)14(19)15-9-13(18)11-6-4-3-5-7-11/h3-8H,9H2,1-2H3,(H,15,19). The van der Waals surface area contributed by atoms with Gasteiger partial charge in [-0.05, 0) is 13.0 Å². The van der Waals surface area contributed by atoms with Gasteiger partial charge in [-0.15, -0.1) is 0 Å². The van der Waals surface area contributed by atoms with Gasteiger partial charge in [-0.2, -0.15) is 5.10 Å². The Kier molecular flexibility index (Phi) is 3.75. The molecular weight excluding hydrogens is 242 g/mol. The quantitative estimate of drug-likeness (QED) is 0.841. The van der Waals surface area contributed by atoms with E-state index in [4.69, 9.17) is 0 Å². The summed E-state index contributed by atoms with van der Waals surface area (Å²) in [6.07, 6.45) is 0. The van der Waals surface area contributed by atoms with E-state index in [2.05, 4.69) is 10.4 Å². The van der Waals surface area contributed by atoms with Crippen molar-refractivity contribution in [2.75, 3.05) is 6.54 Å². The zero-order chi connectivity index (χ0) is 13.8. The summed E-state index contributed by atoms with van der Waals surface area (Å²) in [6, 6.07) is 10.6. The Hall–Kier alpha value is -2.43. The fraction of sp³-hybridized carbons (Fsp3) is 0.214. The number of carbonyl (C=O) groups excluding carboxylic acids is 2. The van der Waals surface area contributed by atoms with E-state index >= 15 is 0 Å². The van der Waals surface area contributed by atoms with Gasteiger partial charge in [0.15, 0.2) is 5.78 Å². The molecule has 1 amide bonds. The first-order valence-electron chi connectivity index (χ1n) is 5.95. The number of carbonyl (C=O) groups is 2. The number of nitrogens with zero attached hydrogens (tertiary/aromatic N) is 2. The van der Waals surface area contributed by atoms with Gasteiger partial charge in [0.1, 0.15) is 5.69 Å². The van der Waals surface area contributed by atoms with E-state index in [0.29, 0.717) is 11.3 Å². The molecule has 0 radical (unpaired) electrons. The number of aromatic nitrogens is 2. The van der Waals surface area contributed by atoms with Crippen molar-refractivity contribution in [2.45, 2.75) is 6.92 Å². The van der Waals surface area contributed by atoms with Gasteiger partial charge in [0.2, 0.25) is 0 Å². The van der Waals surface area contributed by atoms with Crippen molar-refractivity contribution in [3.05, 3.63) is 53.3 Å². The first-order valence-corrected chi connectivity index (χ1v) is 5.95. The van der Waals surface area contributed by atoms with Crippen LogP contribution in [0.2, 0.25) is 0 Å². The van der Waals surface area contributed by atoms with Gasteiger partial charge in [-0.3, -0.25) is 14.3 Å². The second kappa shape index (κ2) is 5.48. The summed E-state index contributed by atoms with van der Waals surface area (Å²) >= 11 is 0. The van der Waals surface area contributed by atoms with Crippen LogP contribution in [0.15, 0.2) is 36.4 Å². The molecule has 0 saturated heterocycles. The van der Waals surface area contributed by atoms with Crippen molar-refractivity contribution < 1.29 is 9.59 Å². The number of aryl methyl sites for hydroxylation is 2. The maximum atomic E-state index is 11.9. The lowest BCUT2D eigenvalue weighted by molar-refractivity contribution is 0.0898. The second-order valence-corrected chi connectivity index (χ2v) is 4.27. The van der Waals surface area contributed by atoms with E-state index in [9.17, 15) is 9.59 Å². The molecule has 19 heavy (non-hydrogen) atoms. The van der Waals surface area contributed by atoms with E-state index in [1.165, 1.54) is 4.68 Å². The van der Waals surface area contributed by atoms with Crippen LogP contribution in [0.25, 0.3) is 0 Å². The van der Waals surface area contributed by atoms with E-state index in [1.54, 1.807) is 37.4 Å². The third kappa shape index (κ3) is 3.07. The molecule has 1 heterocycles. The summed E-state index contributed by atoms with van der Waals surface area (Å²) in [5.41, 5.74) is 1.80. The molecule has 0 fully saturated rings. The van der Waals surface area contributed by atoms with E-state index in [-0.39, 0.29) is 18.2 Å². The van der Waals surface area contributed by atoms with Gasteiger partial charge in [0.05, 0.1) is 12.2 Å². The van der Waals surface area contributed by atoms with Crippen molar-refractivity contribution in [1.82, 2.24) is 15.1 Å². The van der Waals surface area contributed by atoms with Crippen molar-refractivity contribution in [2.24, 2.45) is 7.05 Å². The van der Waals surface area contributed by atoms with Crippen molar-refractivity contribution in [3.8, 4) is 0 Å². The third-order valence-corrected chi connectivity index (χ3v) is 2.74. The van der Waals surface area contributed by atoms with Gasteiger partial charge in [-0.1, -0.05) is 30.3 Å². The maximum absolute atomic E-state index is 11.9. The summed E-state index contributed by atoms with van der Waals surface area (Å²) in [5.74, 6) is -0.416. The molecule has 1 N–H and O–H groups in total. The smallest absolute Gasteiger partial charge is 0.269 e. The van der Waals surface area contributed by atoms with Crippen LogP contribution in [-0.4, -0.2) is 28.0 Å². The third-order valence-electron chi connectivity index (χ3n) is 2.74. The van der Waals surface area contributed by atoms with E-state index < -0.39 is 0 Å². The Morgan fingerprint density at radius 3 is 2.53 bits per heavy atom. The number of Topliss-reactive ketones (excluding diaryl/α,β-unsaturated/α-hetero) is 1. The lowest BCUT2D eigenvalue weighted by atomic mass is 10.1. The number of rotatable bonds is 4. The van der Waals surface area contributed by atoms with Crippen LogP contribution in [0.4, 0.5) is 0 Å². The number of hydrogen-bond donors (Lipinski definition) is 1. The zero-order valence-corrected chi connectivity index (χ0v) is 10.9. The topological polar surface area (TPSA) is 64.0 Å². The molecule has 1 aromatic carbocycles. The van der Waals surface area contributed by atoms with Crippen LogP contribution in [-0.2, 0) is 7.05 Å². The molecule has 5 nitrogen and oxygen atoms in total. The number of hydrogen-bond acceptors (Lipinski definition) is 3. The van der Waals surface area contributed by atoms with Crippen LogP contribution in [0.1, 0.15) is 26.5 Å². The molecule has 0 aliphatic rings. The monoisotopic (exact) mass is 257 g/mol. The van der Waals surface area contributed by atoms with Crippen LogP contribution in [0.5, 0.6) is 0 Å². The van der Waals surface area contributed by atoms with E-state index in [0.717, 1.165) is 5.69 Å². The largest absolute Gasteiger partial charge is 0.343 e. The predicted molar refractivity (Wildman–Crippen MR) is 71.1 cm³/mol. The Labute approximate surface area is 111 Å². The van der Waals surface area contributed by atoms with Crippen molar-refractivity contribution in [1.29, 1.82) is 0 Å². The fourth-order valence-corrected chi connectivity index (χ4v) is 1.80. The number of nitrogens with one attached hydrogen (secondary N) is 1. The van der Waals surface area contributed by atoms with Crippen LogP contribution in [0.3, 0.4) is 0 Å². The number of ketones is 1. The number of benzene rings is 1. The molecule has 1 aromatic heterocycles. The van der Waals surface area contributed by atoms with Gasteiger partial charge in [0.25, 0.3) is 5.91 Å². The van der Waals surface area contributed by atoms with Gasteiger partial charge < -0.3 is 5.32 Å². The van der Waals surface area contributed by atoms with Crippen molar-refractivity contribution in [3.63, 3.8) is 0 Å². The van der Waals surface area contributed by atoms with Crippen LogP contribution >= 0.6 is 0 Å². The van der Waals surface area contributed by atoms with Gasteiger partial charge in [-0.25, -0.2) is 0 Å². The Balaban J connectivity index is 1.98. The van der Waals surface area contributed by atoms with Crippen LogP contribution < -0.4 is 5.32 Å². The summed E-state index contributed by atoms with van der Waals surface area (Å²) in [6.45, 7) is 1.79. The first-order chi connectivity index (χ1) is 9.08.